The van der Waals surface area contributed by atoms with E-state index in [0.29, 0.717) is 5.75 Å². The average molecular weight is 181 g/mol. The van der Waals surface area contributed by atoms with Crippen molar-refractivity contribution < 1.29 is 9.84 Å². The number of hydrogen-bond acceptors (Lipinski definition) is 3. The topological polar surface area (TPSA) is 55.5 Å². The van der Waals surface area contributed by atoms with E-state index in [4.69, 9.17) is 15.6 Å². The molecule has 0 amide bonds. The third kappa shape index (κ3) is 3.44. The van der Waals surface area contributed by atoms with Crippen LogP contribution in [0.1, 0.15) is 12.5 Å². The second-order valence-electron chi connectivity index (χ2n) is 3.10. The van der Waals surface area contributed by atoms with Crippen LogP contribution in [-0.2, 0) is 6.42 Å². The maximum atomic E-state index is 8.55. The van der Waals surface area contributed by atoms with E-state index in [-0.39, 0.29) is 12.8 Å². The normalized spacial score (nSPS) is 12.5. The van der Waals surface area contributed by atoms with Gasteiger partial charge in [-0.1, -0.05) is 12.1 Å². The van der Waals surface area contributed by atoms with Gasteiger partial charge in [-0.15, -0.1) is 0 Å². The molecule has 0 heterocycles. The Kier molecular flexibility index (Phi) is 3.73. The van der Waals surface area contributed by atoms with E-state index < -0.39 is 0 Å². The van der Waals surface area contributed by atoms with E-state index in [1.807, 2.05) is 25.1 Å². The van der Waals surface area contributed by atoms with Crippen LogP contribution in [-0.4, -0.2) is 17.9 Å². The van der Waals surface area contributed by atoms with Gasteiger partial charge in [0.15, 0.2) is 6.79 Å². The molecule has 3 N–H and O–H groups in total. The highest BCUT2D eigenvalue weighted by atomic mass is 16.6. The van der Waals surface area contributed by atoms with E-state index in [2.05, 4.69) is 0 Å². The number of aliphatic hydroxyl groups excluding tert-OH is 1. The van der Waals surface area contributed by atoms with Gasteiger partial charge in [0, 0.05) is 6.04 Å². The lowest BCUT2D eigenvalue weighted by atomic mass is 10.1. The predicted molar refractivity (Wildman–Crippen MR) is 51.5 cm³/mol. The van der Waals surface area contributed by atoms with Crippen LogP contribution < -0.4 is 10.5 Å². The smallest absolute Gasteiger partial charge is 0.186 e. The zero-order valence-electron chi connectivity index (χ0n) is 7.73. The van der Waals surface area contributed by atoms with Crippen LogP contribution in [0.3, 0.4) is 0 Å². The molecule has 72 valence electrons. The molecule has 3 heteroatoms. The Morgan fingerprint density at radius 1 is 1.54 bits per heavy atom. The zero-order valence-corrected chi connectivity index (χ0v) is 7.73. The summed E-state index contributed by atoms with van der Waals surface area (Å²) < 4.78 is 4.94. The highest BCUT2D eigenvalue weighted by Crippen LogP contribution is 2.13. The summed E-state index contributed by atoms with van der Waals surface area (Å²) in [6.07, 6.45) is 0.822. The van der Waals surface area contributed by atoms with E-state index in [1.165, 1.54) is 0 Å². The van der Waals surface area contributed by atoms with E-state index in [9.17, 15) is 0 Å². The molecular weight excluding hydrogens is 166 g/mol. The Labute approximate surface area is 78.1 Å². The molecule has 1 aromatic rings. The first-order chi connectivity index (χ1) is 6.22. The molecule has 0 aliphatic carbocycles. The Bertz CT molecular complexity index is 261. The largest absolute Gasteiger partial charge is 0.468 e. The molecule has 0 aliphatic heterocycles. The fourth-order valence-electron chi connectivity index (χ4n) is 1.21. The lowest BCUT2D eigenvalue weighted by Crippen LogP contribution is -2.17. The van der Waals surface area contributed by atoms with Crippen molar-refractivity contribution in [2.24, 2.45) is 5.73 Å². The molecule has 0 aliphatic rings. The highest BCUT2D eigenvalue weighted by Gasteiger charge is 1.99. The van der Waals surface area contributed by atoms with Gasteiger partial charge in [0.25, 0.3) is 0 Å². The van der Waals surface area contributed by atoms with Crippen LogP contribution in [0.4, 0.5) is 0 Å². The lowest BCUT2D eigenvalue weighted by Gasteiger charge is -2.07. The van der Waals surface area contributed by atoms with Crippen LogP contribution in [0, 0.1) is 0 Å². The second kappa shape index (κ2) is 4.84. The SMILES string of the molecule is CC(N)Cc1cccc(OCO)c1. The standard InChI is InChI=1S/C10H15NO2/c1-8(11)5-9-3-2-4-10(6-9)13-7-12/h2-4,6,8,12H,5,7,11H2,1H3. The molecule has 0 saturated heterocycles. The summed E-state index contributed by atoms with van der Waals surface area (Å²) in [6, 6.07) is 7.72. The van der Waals surface area contributed by atoms with Gasteiger partial charge in [-0.2, -0.15) is 0 Å². The summed E-state index contributed by atoms with van der Waals surface area (Å²) in [5.74, 6) is 0.681. The maximum Gasteiger partial charge on any atom is 0.186 e. The molecule has 13 heavy (non-hydrogen) atoms. The number of ether oxygens (including phenoxy) is 1. The van der Waals surface area contributed by atoms with Crippen molar-refractivity contribution in [1.82, 2.24) is 0 Å². The van der Waals surface area contributed by atoms with Crippen molar-refractivity contribution in [2.45, 2.75) is 19.4 Å². The van der Waals surface area contributed by atoms with E-state index >= 15 is 0 Å². The van der Waals surface area contributed by atoms with Crippen molar-refractivity contribution in [1.29, 1.82) is 0 Å². The van der Waals surface area contributed by atoms with Crippen molar-refractivity contribution in [3.05, 3.63) is 29.8 Å². The van der Waals surface area contributed by atoms with Crippen molar-refractivity contribution in [3.63, 3.8) is 0 Å². The number of hydrogen-bond donors (Lipinski definition) is 2. The third-order valence-electron chi connectivity index (χ3n) is 1.69. The fourth-order valence-corrected chi connectivity index (χ4v) is 1.21. The lowest BCUT2D eigenvalue weighted by molar-refractivity contribution is 0.0985. The van der Waals surface area contributed by atoms with E-state index in [0.717, 1.165) is 12.0 Å². The van der Waals surface area contributed by atoms with Gasteiger partial charge in [0.2, 0.25) is 0 Å². The van der Waals surface area contributed by atoms with Gasteiger partial charge in [0.1, 0.15) is 5.75 Å². The van der Waals surface area contributed by atoms with Crippen LogP contribution in [0.15, 0.2) is 24.3 Å². The molecule has 0 aromatic heterocycles. The van der Waals surface area contributed by atoms with Crippen molar-refractivity contribution in [2.75, 3.05) is 6.79 Å². The summed E-state index contributed by atoms with van der Waals surface area (Å²) >= 11 is 0. The molecular formula is C10H15NO2. The highest BCUT2D eigenvalue weighted by molar-refractivity contribution is 5.28. The molecule has 0 saturated carbocycles. The molecule has 1 aromatic carbocycles. The number of rotatable bonds is 4. The number of aliphatic hydroxyl groups is 1. The first-order valence-corrected chi connectivity index (χ1v) is 4.30. The summed E-state index contributed by atoms with van der Waals surface area (Å²) in [7, 11) is 0. The summed E-state index contributed by atoms with van der Waals surface area (Å²) in [5.41, 5.74) is 6.78. The summed E-state index contributed by atoms with van der Waals surface area (Å²) in [4.78, 5) is 0. The minimum absolute atomic E-state index is 0.143. The van der Waals surface area contributed by atoms with Gasteiger partial charge >= 0.3 is 0 Å². The molecule has 1 atom stereocenters. The molecule has 3 nitrogen and oxygen atoms in total. The molecule has 0 radical (unpaired) electrons. The first kappa shape index (κ1) is 10.0. The first-order valence-electron chi connectivity index (χ1n) is 4.30. The molecule has 1 rings (SSSR count). The van der Waals surface area contributed by atoms with Gasteiger partial charge in [-0.3, -0.25) is 0 Å². The van der Waals surface area contributed by atoms with Gasteiger partial charge in [0.05, 0.1) is 0 Å². The average Bonchev–Trinajstić information content (AvgIpc) is 2.04. The van der Waals surface area contributed by atoms with Crippen LogP contribution in [0.25, 0.3) is 0 Å². The molecule has 0 spiro atoms. The molecule has 0 bridgehead atoms. The van der Waals surface area contributed by atoms with Gasteiger partial charge in [-0.05, 0) is 31.0 Å². The van der Waals surface area contributed by atoms with Crippen LogP contribution in [0.5, 0.6) is 5.75 Å². The maximum absolute atomic E-state index is 8.55. The Morgan fingerprint density at radius 3 is 2.92 bits per heavy atom. The van der Waals surface area contributed by atoms with Crippen LogP contribution >= 0.6 is 0 Å². The minimum Gasteiger partial charge on any atom is -0.468 e. The van der Waals surface area contributed by atoms with Gasteiger partial charge < -0.3 is 15.6 Å². The third-order valence-corrected chi connectivity index (χ3v) is 1.69. The monoisotopic (exact) mass is 181 g/mol. The predicted octanol–water partition coefficient (Wildman–Crippen LogP) is 0.905. The Balaban J connectivity index is 2.67. The molecule has 1 unspecified atom stereocenters. The minimum atomic E-state index is -0.290. The van der Waals surface area contributed by atoms with Crippen molar-refractivity contribution in [3.8, 4) is 5.75 Å². The number of nitrogens with two attached hydrogens (primary N) is 1. The Morgan fingerprint density at radius 2 is 2.31 bits per heavy atom. The van der Waals surface area contributed by atoms with E-state index in [1.54, 1.807) is 6.07 Å². The summed E-state index contributed by atoms with van der Waals surface area (Å²) in [5, 5.41) is 8.55. The second-order valence-corrected chi connectivity index (χ2v) is 3.10. The van der Waals surface area contributed by atoms with Gasteiger partial charge in [-0.25, -0.2) is 0 Å². The summed E-state index contributed by atoms with van der Waals surface area (Å²) in [6.45, 7) is 1.67. The fraction of sp³-hybridized carbons (Fsp3) is 0.400. The van der Waals surface area contributed by atoms with Crippen LogP contribution in [0.2, 0.25) is 0 Å². The Hall–Kier alpha value is -1.06. The number of benzene rings is 1. The zero-order chi connectivity index (χ0) is 9.68. The quantitative estimate of drug-likeness (QED) is 0.679. The van der Waals surface area contributed by atoms with Crippen molar-refractivity contribution >= 4 is 0 Å². The molecule has 0 fully saturated rings.